The Labute approximate surface area is 139 Å². The van der Waals surface area contributed by atoms with Crippen molar-refractivity contribution in [3.8, 4) is 5.75 Å². The van der Waals surface area contributed by atoms with Crippen LogP contribution in [0.1, 0.15) is 18.9 Å². The molecule has 0 aliphatic carbocycles. The van der Waals surface area contributed by atoms with Crippen LogP contribution in [0, 0.1) is 0 Å². The molecule has 1 aromatic rings. The highest BCUT2D eigenvalue weighted by atomic mass is 16.5. The minimum absolute atomic E-state index is 0.140. The van der Waals surface area contributed by atoms with Gasteiger partial charge in [-0.2, -0.15) is 0 Å². The van der Waals surface area contributed by atoms with Gasteiger partial charge in [0.05, 0.1) is 19.8 Å². The monoisotopic (exact) mass is 322 g/mol. The number of ether oxygens (including phenoxy) is 2. The molecule has 0 aliphatic heterocycles. The lowest BCUT2D eigenvalue weighted by Crippen LogP contribution is -2.40. The van der Waals surface area contributed by atoms with Crippen molar-refractivity contribution in [2.75, 3.05) is 41.0 Å². The molecule has 0 bridgehead atoms. The molecule has 130 valence electrons. The highest BCUT2D eigenvalue weighted by Gasteiger charge is 2.01. The van der Waals surface area contributed by atoms with Gasteiger partial charge in [0.1, 0.15) is 5.75 Å². The van der Waals surface area contributed by atoms with Crippen molar-refractivity contribution in [2.24, 2.45) is 10.7 Å². The van der Waals surface area contributed by atoms with Crippen LogP contribution in [-0.4, -0.2) is 57.9 Å². The molecule has 6 heteroatoms. The van der Waals surface area contributed by atoms with Crippen LogP contribution in [0.2, 0.25) is 0 Å². The van der Waals surface area contributed by atoms with Gasteiger partial charge < -0.3 is 25.4 Å². The van der Waals surface area contributed by atoms with Crippen LogP contribution in [0.25, 0.3) is 0 Å². The molecule has 3 N–H and O–H groups in total. The fraction of sp³-hybridized carbons (Fsp3) is 0.588. The predicted molar refractivity (Wildman–Crippen MR) is 94.9 cm³/mol. The zero-order valence-electron chi connectivity index (χ0n) is 14.7. The number of nitrogens with one attached hydrogen (secondary N) is 1. The first-order valence-electron chi connectivity index (χ1n) is 7.93. The van der Waals surface area contributed by atoms with E-state index in [1.54, 1.807) is 7.11 Å². The number of benzene rings is 1. The number of hydrogen-bond acceptors (Lipinski definition) is 4. The lowest BCUT2D eigenvalue weighted by atomic mass is 10.2. The van der Waals surface area contributed by atoms with Crippen LogP contribution in [0.3, 0.4) is 0 Å². The largest absolute Gasteiger partial charge is 0.494 e. The van der Waals surface area contributed by atoms with Gasteiger partial charge in [-0.25, -0.2) is 4.99 Å². The Morgan fingerprint density at radius 3 is 2.61 bits per heavy atom. The SMILES string of the molecule is COCC(C)NC(N)=NCc1ccc(OCCCN(C)C)cc1. The van der Waals surface area contributed by atoms with E-state index in [1.165, 1.54) is 0 Å². The number of rotatable bonds is 10. The van der Waals surface area contributed by atoms with Crippen molar-refractivity contribution >= 4 is 5.96 Å². The third-order valence-corrected chi connectivity index (χ3v) is 3.18. The molecule has 23 heavy (non-hydrogen) atoms. The van der Waals surface area contributed by atoms with E-state index < -0.39 is 0 Å². The van der Waals surface area contributed by atoms with Crippen molar-refractivity contribution in [1.82, 2.24) is 10.2 Å². The molecular formula is C17H30N4O2. The zero-order chi connectivity index (χ0) is 17.1. The second kappa shape index (κ2) is 10.9. The molecule has 0 amide bonds. The Balaban J connectivity index is 2.35. The van der Waals surface area contributed by atoms with Gasteiger partial charge in [0.25, 0.3) is 0 Å². The molecule has 0 fully saturated rings. The Bertz CT molecular complexity index is 460. The minimum Gasteiger partial charge on any atom is -0.494 e. The Morgan fingerprint density at radius 2 is 2.00 bits per heavy atom. The molecule has 0 spiro atoms. The number of aliphatic imine (C=N–C) groups is 1. The summed E-state index contributed by atoms with van der Waals surface area (Å²) in [4.78, 5) is 6.47. The molecule has 0 aliphatic rings. The number of hydrogen-bond donors (Lipinski definition) is 2. The van der Waals surface area contributed by atoms with Gasteiger partial charge in [-0.3, -0.25) is 0 Å². The van der Waals surface area contributed by atoms with Crippen molar-refractivity contribution in [1.29, 1.82) is 0 Å². The number of methoxy groups -OCH3 is 1. The number of guanidine groups is 1. The average Bonchev–Trinajstić information content (AvgIpc) is 2.50. The van der Waals surface area contributed by atoms with E-state index in [2.05, 4.69) is 29.3 Å². The Kier molecular flexibility index (Phi) is 9.09. The fourth-order valence-electron chi connectivity index (χ4n) is 2.03. The molecule has 0 saturated carbocycles. The van der Waals surface area contributed by atoms with Gasteiger partial charge in [0.15, 0.2) is 5.96 Å². The molecule has 0 aromatic heterocycles. The predicted octanol–water partition coefficient (Wildman–Crippen LogP) is 1.46. The van der Waals surface area contributed by atoms with E-state index in [1.807, 2.05) is 31.2 Å². The van der Waals surface area contributed by atoms with Gasteiger partial charge in [-0.05, 0) is 45.1 Å². The zero-order valence-corrected chi connectivity index (χ0v) is 14.7. The van der Waals surface area contributed by atoms with E-state index >= 15 is 0 Å². The first-order chi connectivity index (χ1) is 11.0. The Hall–Kier alpha value is -1.79. The molecule has 0 heterocycles. The van der Waals surface area contributed by atoms with Crippen molar-refractivity contribution < 1.29 is 9.47 Å². The highest BCUT2D eigenvalue weighted by molar-refractivity contribution is 5.78. The second-order valence-electron chi connectivity index (χ2n) is 5.85. The van der Waals surface area contributed by atoms with Crippen LogP contribution >= 0.6 is 0 Å². The normalized spacial score (nSPS) is 13.2. The highest BCUT2D eigenvalue weighted by Crippen LogP contribution is 2.13. The summed E-state index contributed by atoms with van der Waals surface area (Å²) >= 11 is 0. The van der Waals surface area contributed by atoms with E-state index in [-0.39, 0.29) is 6.04 Å². The second-order valence-corrected chi connectivity index (χ2v) is 5.85. The molecule has 1 aromatic carbocycles. The summed E-state index contributed by atoms with van der Waals surface area (Å²) < 4.78 is 10.7. The van der Waals surface area contributed by atoms with E-state index in [4.69, 9.17) is 15.2 Å². The molecular weight excluding hydrogens is 292 g/mol. The topological polar surface area (TPSA) is 72.1 Å². The molecule has 6 nitrogen and oxygen atoms in total. The van der Waals surface area contributed by atoms with Crippen LogP contribution in [-0.2, 0) is 11.3 Å². The number of nitrogens with two attached hydrogens (primary N) is 1. The summed E-state index contributed by atoms with van der Waals surface area (Å²) in [5, 5.41) is 3.08. The van der Waals surface area contributed by atoms with Crippen LogP contribution in [0.5, 0.6) is 5.75 Å². The summed E-state index contributed by atoms with van der Waals surface area (Å²) in [7, 11) is 5.79. The lowest BCUT2D eigenvalue weighted by molar-refractivity contribution is 0.179. The van der Waals surface area contributed by atoms with Gasteiger partial charge >= 0.3 is 0 Å². The van der Waals surface area contributed by atoms with E-state index in [0.29, 0.717) is 19.1 Å². The van der Waals surface area contributed by atoms with Gasteiger partial charge in [0, 0.05) is 19.7 Å². The summed E-state index contributed by atoms with van der Waals surface area (Å²) in [5.41, 5.74) is 6.94. The maximum atomic E-state index is 5.84. The van der Waals surface area contributed by atoms with Crippen molar-refractivity contribution in [2.45, 2.75) is 25.9 Å². The van der Waals surface area contributed by atoms with Gasteiger partial charge in [-0.15, -0.1) is 0 Å². The van der Waals surface area contributed by atoms with Crippen LogP contribution in [0.15, 0.2) is 29.3 Å². The maximum absolute atomic E-state index is 5.84. The maximum Gasteiger partial charge on any atom is 0.189 e. The lowest BCUT2D eigenvalue weighted by Gasteiger charge is -2.13. The van der Waals surface area contributed by atoms with Gasteiger partial charge in [0.2, 0.25) is 0 Å². The van der Waals surface area contributed by atoms with Crippen LogP contribution < -0.4 is 15.8 Å². The average molecular weight is 322 g/mol. The first-order valence-corrected chi connectivity index (χ1v) is 7.93. The smallest absolute Gasteiger partial charge is 0.189 e. The summed E-state index contributed by atoms with van der Waals surface area (Å²) in [6.45, 7) is 4.88. The molecule has 0 saturated heterocycles. The summed E-state index contributed by atoms with van der Waals surface area (Å²) in [5.74, 6) is 1.31. The third kappa shape index (κ3) is 9.05. The Morgan fingerprint density at radius 1 is 1.30 bits per heavy atom. The van der Waals surface area contributed by atoms with Crippen molar-refractivity contribution in [3.05, 3.63) is 29.8 Å². The third-order valence-electron chi connectivity index (χ3n) is 3.18. The minimum atomic E-state index is 0.140. The number of nitrogens with zero attached hydrogens (tertiary/aromatic N) is 2. The van der Waals surface area contributed by atoms with Crippen molar-refractivity contribution in [3.63, 3.8) is 0 Å². The quantitative estimate of drug-likeness (QED) is 0.388. The fourth-order valence-corrected chi connectivity index (χ4v) is 2.03. The standard InChI is InChI=1S/C17H30N4O2/c1-14(13-22-4)20-17(18)19-12-15-6-8-16(9-7-15)23-11-5-10-21(2)3/h6-9,14H,5,10-13H2,1-4H3,(H3,18,19,20). The first kappa shape index (κ1) is 19.3. The molecule has 0 radical (unpaired) electrons. The molecule has 1 atom stereocenters. The van der Waals surface area contributed by atoms with Gasteiger partial charge in [-0.1, -0.05) is 12.1 Å². The summed E-state index contributed by atoms with van der Waals surface area (Å²) in [6.07, 6.45) is 1.01. The molecule has 1 rings (SSSR count). The van der Waals surface area contributed by atoms with E-state index in [0.717, 1.165) is 30.9 Å². The van der Waals surface area contributed by atoms with E-state index in [9.17, 15) is 0 Å². The summed E-state index contributed by atoms with van der Waals surface area (Å²) in [6, 6.07) is 8.10. The molecule has 1 unspecified atom stereocenters. The van der Waals surface area contributed by atoms with Crippen LogP contribution in [0.4, 0.5) is 0 Å².